The number of aromatic nitrogens is 2. The smallest absolute Gasteiger partial charge is 0.425 e. The van der Waals surface area contributed by atoms with Crippen LogP contribution in [0.4, 0.5) is 15.4 Å². The van der Waals surface area contributed by atoms with Gasteiger partial charge in [0.2, 0.25) is 0 Å². The maximum Gasteiger partial charge on any atom is 0.425 e. The molecule has 1 aromatic rings. The Kier molecular flexibility index (Phi) is 6.06. The minimum absolute atomic E-state index is 0.0336. The topological polar surface area (TPSA) is 81.6 Å². The van der Waals surface area contributed by atoms with E-state index in [1.807, 2.05) is 0 Å². The molecule has 0 atom stereocenters. The fourth-order valence-electron chi connectivity index (χ4n) is 1.59. The maximum atomic E-state index is 12.4. The van der Waals surface area contributed by atoms with Gasteiger partial charge in [-0.1, -0.05) is 6.08 Å². The van der Waals surface area contributed by atoms with E-state index in [0.717, 1.165) is 4.90 Å². The summed E-state index contributed by atoms with van der Waals surface area (Å²) in [5, 5.41) is 0. The van der Waals surface area contributed by atoms with E-state index >= 15 is 0 Å². The number of anilines is 1. The summed E-state index contributed by atoms with van der Waals surface area (Å²) in [6.45, 7) is 13.9. The Morgan fingerprint density at radius 2 is 1.54 bits per heavy atom. The molecule has 2 amide bonds. The SMILES string of the molecule is C=CCc1cnc(N(C(=O)OC(C)(C)C)C(=O)OC(C)(C)C)cn1. The Bertz CT molecular complexity index is 570. The van der Waals surface area contributed by atoms with E-state index in [9.17, 15) is 9.59 Å². The highest BCUT2D eigenvalue weighted by Crippen LogP contribution is 2.19. The number of ether oxygens (including phenoxy) is 2. The summed E-state index contributed by atoms with van der Waals surface area (Å²) in [5.74, 6) is 0.0336. The Balaban J connectivity index is 3.14. The first-order chi connectivity index (χ1) is 10.9. The highest BCUT2D eigenvalue weighted by Gasteiger charge is 2.33. The van der Waals surface area contributed by atoms with Crippen molar-refractivity contribution in [1.29, 1.82) is 0 Å². The van der Waals surface area contributed by atoms with E-state index in [1.54, 1.807) is 47.6 Å². The predicted octanol–water partition coefficient (Wildman–Crippen LogP) is 3.88. The van der Waals surface area contributed by atoms with Crippen LogP contribution in [0.15, 0.2) is 25.0 Å². The zero-order chi connectivity index (χ0) is 18.5. The third-order valence-corrected chi connectivity index (χ3v) is 2.43. The average molecular weight is 335 g/mol. The van der Waals surface area contributed by atoms with Gasteiger partial charge in [0.25, 0.3) is 0 Å². The quantitative estimate of drug-likeness (QED) is 0.780. The van der Waals surface area contributed by atoms with Gasteiger partial charge in [-0.05, 0) is 41.5 Å². The van der Waals surface area contributed by atoms with Gasteiger partial charge in [-0.25, -0.2) is 14.6 Å². The Labute approximate surface area is 142 Å². The fourth-order valence-corrected chi connectivity index (χ4v) is 1.59. The standard InChI is InChI=1S/C17H25N3O4/c1-8-9-12-10-19-13(11-18-12)20(14(21)23-16(2,3)4)15(22)24-17(5,6)7/h8,10-11H,1,9H2,2-7H3. The van der Waals surface area contributed by atoms with Crippen LogP contribution in [-0.2, 0) is 15.9 Å². The van der Waals surface area contributed by atoms with E-state index < -0.39 is 23.4 Å². The first-order valence-corrected chi connectivity index (χ1v) is 7.61. The molecule has 0 aliphatic rings. The van der Waals surface area contributed by atoms with Crippen LogP contribution in [0.5, 0.6) is 0 Å². The number of hydrogen-bond acceptors (Lipinski definition) is 6. The molecule has 0 saturated heterocycles. The third-order valence-electron chi connectivity index (χ3n) is 2.43. The lowest BCUT2D eigenvalue weighted by molar-refractivity contribution is 0.0429. The fraction of sp³-hybridized carbons (Fsp3) is 0.529. The van der Waals surface area contributed by atoms with Crippen molar-refractivity contribution >= 4 is 18.0 Å². The highest BCUT2D eigenvalue weighted by molar-refractivity contribution is 6.08. The molecule has 1 heterocycles. The summed E-state index contributed by atoms with van der Waals surface area (Å²) >= 11 is 0. The van der Waals surface area contributed by atoms with Crippen molar-refractivity contribution in [2.45, 2.75) is 59.2 Å². The van der Waals surface area contributed by atoms with Gasteiger partial charge in [0.1, 0.15) is 11.2 Å². The lowest BCUT2D eigenvalue weighted by Gasteiger charge is -2.27. The van der Waals surface area contributed by atoms with Gasteiger partial charge in [0, 0.05) is 6.42 Å². The van der Waals surface area contributed by atoms with Crippen LogP contribution in [0.25, 0.3) is 0 Å². The van der Waals surface area contributed by atoms with Crippen LogP contribution in [0, 0.1) is 0 Å². The van der Waals surface area contributed by atoms with E-state index in [4.69, 9.17) is 9.47 Å². The summed E-state index contributed by atoms with van der Waals surface area (Å²) < 4.78 is 10.5. The van der Waals surface area contributed by atoms with Crippen LogP contribution in [0.2, 0.25) is 0 Å². The summed E-state index contributed by atoms with van der Waals surface area (Å²) in [4.78, 5) is 33.8. The van der Waals surface area contributed by atoms with Crippen molar-refractivity contribution in [3.05, 3.63) is 30.7 Å². The molecule has 0 unspecified atom stereocenters. The molecular weight excluding hydrogens is 310 g/mol. The predicted molar refractivity (Wildman–Crippen MR) is 90.9 cm³/mol. The minimum Gasteiger partial charge on any atom is -0.443 e. The van der Waals surface area contributed by atoms with Gasteiger partial charge < -0.3 is 9.47 Å². The third kappa shape index (κ3) is 6.36. The monoisotopic (exact) mass is 335 g/mol. The van der Waals surface area contributed by atoms with Crippen LogP contribution in [-0.4, -0.2) is 33.4 Å². The largest absolute Gasteiger partial charge is 0.443 e. The molecule has 0 bridgehead atoms. The molecule has 132 valence electrons. The van der Waals surface area contributed by atoms with Crippen LogP contribution in [0.3, 0.4) is 0 Å². The molecule has 0 spiro atoms. The molecule has 24 heavy (non-hydrogen) atoms. The molecule has 0 fully saturated rings. The van der Waals surface area contributed by atoms with Crippen molar-refractivity contribution in [3.63, 3.8) is 0 Å². The Morgan fingerprint density at radius 3 is 1.88 bits per heavy atom. The van der Waals surface area contributed by atoms with Crippen LogP contribution >= 0.6 is 0 Å². The van der Waals surface area contributed by atoms with Gasteiger partial charge in [0.15, 0.2) is 5.82 Å². The molecule has 1 rings (SSSR count). The number of amides is 2. The summed E-state index contributed by atoms with van der Waals surface area (Å²) in [7, 11) is 0. The lowest BCUT2D eigenvalue weighted by Crippen LogP contribution is -2.44. The molecular formula is C17H25N3O4. The van der Waals surface area contributed by atoms with Gasteiger partial charge in [-0.3, -0.25) is 4.98 Å². The summed E-state index contributed by atoms with van der Waals surface area (Å²) in [6, 6.07) is 0. The number of carbonyl (C=O) groups excluding carboxylic acids is 2. The lowest BCUT2D eigenvalue weighted by atomic mass is 10.2. The average Bonchev–Trinajstić information content (AvgIpc) is 2.37. The van der Waals surface area contributed by atoms with E-state index in [1.165, 1.54) is 12.4 Å². The second-order valence-corrected chi connectivity index (χ2v) is 7.15. The zero-order valence-corrected chi connectivity index (χ0v) is 15.1. The molecule has 1 aromatic heterocycles. The first kappa shape index (κ1) is 19.6. The van der Waals surface area contributed by atoms with Crippen molar-refractivity contribution in [3.8, 4) is 0 Å². The minimum atomic E-state index is -0.873. The van der Waals surface area contributed by atoms with E-state index in [0.29, 0.717) is 12.1 Å². The Hall–Kier alpha value is -2.44. The van der Waals surface area contributed by atoms with Gasteiger partial charge in [-0.15, -0.1) is 6.58 Å². The number of nitrogens with zero attached hydrogens (tertiary/aromatic N) is 3. The molecule has 0 aromatic carbocycles. The van der Waals surface area contributed by atoms with Gasteiger partial charge >= 0.3 is 12.2 Å². The van der Waals surface area contributed by atoms with Crippen LogP contribution in [0.1, 0.15) is 47.2 Å². The molecule has 7 nitrogen and oxygen atoms in total. The highest BCUT2D eigenvalue weighted by atomic mass is 16.6. The summed E-state index contributed by atoms with van der Waals surface area (Å²) in [6.07, 6.45) is 3.27. The number of hydrogen-bond donors (Lipinski definition) is 0. The Morgan fingerprint density at radius 1 is 1.04 bits per heavy atom. The van der Waals surface area contributed by atoms with Crippen molar-refractivity contribution < 1.29 is 19.1 Å². The molecule has 0 radical (unpaired) electrons. The molecule has 0 N–H and O–H groups in total. The van der Waals surface area contributed by atoms with Crippen LogP contribution < -0.4 is 4.90 Å². The van der Waals surface area contributed by atoms with Gasteiger partial charge in [0.05, 0.1) is 18.1 Å². The number of rotatable bonds is 3. The van der Waals surface area contributed by atoms with Crippen molar-refractivity contribution in [2.24, 2.45) is 0 Å². The molecule has 0 aliphatic heterocycles. The molecule has 7 heteroatoms. The van der Waals surface area contributed by atoms with E-state index in [2.05, 4.69) is 16.5 Å². The number of carbonyl (C=O) groups is 2. The summed E-state index contributed by atoms with van der Waals surface area (Å²) in [5.41, 5.74) is -0.872. The number of imide groups is 1. The number of allylic oxidation sites excluding steroid dienone is 1. The van der Waals surface area contributed by atoms with Crippen molar-refractivity contribution in [1.82, 2.24) is 9.97 Å². The zero-order valence-electron chi connectivity index (χ0n) is 15.1. The normalized spacial score (nSPS) is 11.6. The second kappa shape index (κ2) is 7.42. The first-order valence-electron chi connectivity index (χ1n) is 7.61. The molecule has 0 saturated carbocycles. The molecule has 0 aliphatic carbocycles. The van der Waals surface area contributed by atoms with E-state index in [-0.39, 0.29) is 5.82 Å². The van der Waals surface area contributed by atoms with Crippen molar-refractivity contribution in [2.75, 3.05) is 4.90 Å². The maximum absolute atomic E-state index is 12.4. The second-order valence-electron chi connectivity index (χ2n) is 7.15. The van der Waals surface area contributed by atoms with Gasteiger partial charge in [-0.2, -0.15) is 4.90 Å².